The zero-order chi connectivity index (χ0) is 20.7. The molecular formula is C13H16Cl2N4O8. The fourth-order valence-corrected chi connectivity index (χ4v) is 2.93. The monoisotopic (exact) mass is 426 g/mol. The Morgan fingerprint density at radius 1 is 0.889 bits per heavy atom. The quantitative estimate of drug-likeness (QED) is 0.313. The van der Waals surface area contributed by atoms with Gasteiger partial charge in [0.2, 0.25) is 10.0 Å². The number of benzene rings is 1. The van der Waals surface area contributed by atoms with Crippen molar-refractivity contribution in [1.29, 1.82) is 0 Å². The van der Waals surface area contributed by atoms with E-state index in [1.54, 1.807) is 13.8 Å². The van der Waals surface area contributed by atoms with Crippen LogP contribution in [-0.2, 0) is 9.47 Å². The van der Waals surface area contributed by atoms with E-state index in [9.17, 15) is 30.3 Å². The molecule has 1 rings (SSSR count). The van der Waals surface area contributed by atoms with Gasteiger partial charge in [0, 0.05) is 26.2 Å². The summed E-state index contributed by atoms with van der Waals surface area (Å²) in [6.45, 7) is 4.13. The van der Waals surface area contributed by atoms with Crippen LogP contribution in [0, 0.1) is 30.3 Å². The Hall–Kier alpha value is -2.28. The van der Waals surface area contributed by atoms with Crippen LogP contribution >= 0.6 is 23.2 Å². The SMILES string of the molecule is CCOC(CCNc1c([N+](=O)[O-])c(Cl)c([N+](=O)[O-])c(Cl)c1[N+](=O)[O-])OCC. The van der Waals surface area contributed by atoms with Gasteiger partial charge in [0.1, 0.15) is 0 Å². The van der Waals surface area contributed by atoms with E-state index in [0.29, 0.717) is 13.2 Å². The van der Waals surface area contributed by atoms with Crippen LogP contribution < -0.4 is 5.32 Å². The van der Waals surface area contributed by atoms with Crippen LogP contribution in [0.4, 0.5) is 22.7 Å². The fraction of sp³-hybridized carbons (Fsp3) is 0.538. The first-order chi connectivity index (χ1) is 12.7. The Morgan fingerprint density at radius 2 is 1.30 bits per heavy atom. The minimum atomic E-state index is -1.12. The molecule has 0 aliphatic carbocycles. The number of nitrogens with one attached hydrogen (secondary N) is 1. The number of hydrogen-bond donors (Lipinski definition) is 1. The molecule has 0 aliphatic heterocycles. The summed E-state index contributed by atoms with van der Waals surface area (Å²) in [7, 11) is 0. The predicted molar refractivity (Wildman–Crippen MR) is 96.6 cm³/mol. The molecule has 27 heavy (non-hydrogen) atoms. The Balaban J connectivity index is 3.37. The van der Waals surface area contributed by atoms with Gasteiger partial charge in [-0.25, -0.2) is 0 Å². The third-order valence-corrected chi connectivity index (χ3v) is 3.96. The molecule has 0 heterocycles. The van der Waals surface area contributed by atoms with E-state index in [2.05, 4.69) is 5.32 Å². The van der Waals surface area contributed by atoms with E-state index in [0.717, 1.165) is 0 Å². The van der Waals surface area contributed by atoms with Crippen molar-refractivity contribution in [3.05, 3.63) is 40.4 Å². The summed E-state index contributed by atoms with van der Waals surface area (Å²) >= 11 is 11.5. The van der Waals surface area contributed by atoms with Gasteiger partial charge in [-0.1, -0.05) is 23.2 Å². The van der Waals surface area contributed by atoms with Gasteiger partial charge in [-0.3, -0.25) is 30.3 Å². The number of hydrogen-bond acceptors (Lipinski definition) is 9. The van der Waals surface area contributed by atoms with Crippen molar-refractivity contribution in [3.8, 4) is 0 Å². The lowest BCUT2D eigenvalue weighted by Crippen LogP contribution is -2.21. The molecule has 0 bridgehead atoms. The van der Waals surface area contributed by atoms with E-state index in [1.165, 1.54) is 0 Å². The number of nitrogens with zero attached hydrogens (tertiary/aromatic N) is 3. The van der Waals surface area contributed by atoms with Crippen molar-refractivity contribution in [2.24, 2.45) is 0 Å². The van der Waals surface area contributed by atoms with Crippen LogP contribution in [-0.4, -0.2) is 40.8 Å². The number of rotatable bonds is 11. The average molecular weight is 427 g/mol. The number of halogens is 2. The maximum Gasteiger partial charge on any atom is 0.325 e. The number of anilines is 1. The minimum absolute atomic E-state index is 0.0448. The molecule has 12 nitrogen and oxygen atoms in total. The predicted octanol–water partition coefficient (Wildman–Crippen LogP) is 3.92. The number of nitro groups is 3. The van der Waals surface area contributed by atoms with E-state index in [-0.39, 0.29) is 13.0 Å². The topological polar surface area (TPSA) is 160 Å². The lowest BCUT2D eigenvalue weighted by atomic mass is 10.2. The van der Waals surface area contributed by atoms with Crippen LogP contribution in [0.1, 0.15) is 20.3 Å². The van der Waals surface area contributed by atoms with Crippen LogP contribution in [0.5, 0.6) is 0 Å². The molecule has 0 aliphatic rings. The maximum absolute atomic E-state index is 11.3. The molecule has 0 saturated heterocycles. The highest BCUT2D eigenvalue weighted by molar-refractivity contribution is 6.42. The molecule has 0 radical (unpaired) electrons. The van der Waals surface area contributed by atoms with Crippen molar-refractivity contribution >= 4 is 46.0 Å². The van der Waals surface area contributed by atoms with E-state index in [1.807, 2.05) is 0 Å². The first kappa shape index (κ1) is 22.8. The van der Waals surface area contributed by atoms with Gasteiger partial charge in [0.15, 0.2) is 12.0 Å². The highest BCUT2D eigenvalue weighted by Gasteiger charge is 2.41. The van der Waals surface area contributed by atoms with Crippen molar-refractivity contribution in [3.63, 3.8) is 0 Å². The molecule has 1 aromatic rings. The van der Waals surface area contributed by atoms with E-state index in [4.69, 9.17) is 32.7 Å². The second-order valence-corrected chi connectivity index (χ2v) is 5.63. The first-order valence-corrected chi connectivity index (χ1v) is 8.37. The summed E-state index contributed by atoms with van der Waals surface area (Å²) < 4.78 is 10.6. The van der Waals surface area contributed by atoms with Crippen LogP contribution in [0.25, 0.3) is 0 Å². The minimum Gasteiger partial charge on any atom is -0.374 e. The molecule has 0 atom stereocenters. The van der Waals surface area contributed by atoms with Crippen molar-refractivity contribution in [2.45, 2.75) is 26.6 Å². The molecule has 0 unspecified atom stereocenters. The normalized spacial score (nSPS) is 10.9. The van der Waals surface area contributed by atoms with Gasteiger partial charge in [0.25, 0.3) is 0 Å². The molecule has 0 spiro atoms. The van der Waals surface area contributed by atoms with Crippen molar-refractivity contribution in [2.75, 3.05) is 25.1 Å². The van der Waals surface area contributed by atoms with Crippen LogP contribution in [0.2, 0.25) is 10.0 Å². The lowest BCUT2D eigenvalue weighted by molar-refractivity contribution is -0.401. The van der Waals surface area contributed by atoms with Crippen LogP contribution in [0.3, 0.4) is 0 Å². The number of ether oxygens (including phenoxy) is 2. The first-order valence-electron chi connectivity index (χ1n) is 7.62. The summed E-state index contributed by atoms with van der Waals surface area (Å²) in [6, 6.07) is 0. The van der Waals surface area contributed by atoms with Gasteiger partial charge in [-0.05, 0) is 13.8 Å². The Labute approximate surface area is 162 Å². The molecule has 0 saturated carbocycles. The largest absolute Gasteiger partial charge is 0.374 e. The van der Waals surface area contributed by atoms with Gasteiger partial charge in [0.05, 0.1) is 14.8 Å². The molecular weight excluding hydrogens is 411 g/mol. The highest BCUT2D eigenvalue weighted by Crippen LogP contribution is 2.51. The Bertz CT molecular complexity index is 699. The fourth-order valence-electron chi connectivity index (χ4n) is 2.22. The second-order valence-electron chi connectivity index (χ2n) is 4.88. The summed E-state index contributed by atoms with van der Waals surface area (Å²) in [5.74, 6) is 0. The molecule has 0 amide bonds. The summed E-state index contributed by atoms with van der Waals surface area (Å²) in [6.07, 6.45) is -0.461. The van der Waals surface area contributed by atoms with Gasteiger partial charge < -0.3 is 14.8 Å². The standard InChI is InChI=1S/C13H16Cl2N4O8/c1-3-26-7(27-4-2)5-6-16-10-12(18(22)23)8(14)11(17(20)21)9(15)13(10)19(24)25/h7,16H,3-6H2,1-2H3. The molecule has 0 fully saturated rings. The summed E-state index contributed by atoms with van der Waals surface area (Å²) in [5.41, 5.74) is -3.76. The van der Waals surface area contributed by atoms with Gasteiger partial charge in [-0.2, -0.15) is 0 Å². The lowest BCUT2D eigenvalue weighted by Gasteiger charge is -2.17. The third kappa shape index (κ3) is 5.35. The molecule has 0 aromatic heterocycles. The number of nitro benzene ring substituents is 3. The van der Waals surface area contributed by atoms with E-state index < -0.39 is 53.9 Å². The summed E-state index contributed by atoms with van der Waals surface area (Å²) in [5, 5.41) is 34.5. The van der Waals surface area contributed by atoms with Gasteiger partial charge >= 0.3 is 17.1 Å². The zero-order valence-corrected chi connectivity index (χ0v) is 15.8. The maximum atomic E-state index is 11.3. The molecule has 1 aromatic carbocycles. The molecule has 14 heteroatoms. The summed E-state index contributed by atoms with van der Waals surface area (Å²) in [4.78, 5) is 30.6. The van der Waals surface area contributed by atoms with Gasteiger partial charge in [-0.15, -0.1) is 0 Å². The highest BCUT2D eigenvalue weighted by atomic mass is 35.5. The smallest absolute Gasteiger partial charge is 0.325 e. The Morgan fingerprint density at radius 3 is 1.63 bits per heavy atom. The zero-order valence-electron chi connectivity index (χ0n) is 14.3. The van der Waals surface area contributed by atoms with Crippen LogP contribution in [0.15, 0.2) is 0 Å². The second kappa shape index (κ2) is 10.2. The average Bonchev–Trinajstić information content (AvgIpc) is 2.53. The molecule has 150 valence electrons. The Kier molecular flexibility index (Phi) is 8.56. The van der Waals surface area contributed by atoms with E-state index >= 15 is 0 Å². The molecule has 1 N–H and O–H groups in total. The van der Waals surface area contributed by atoms with Crippen molar-refractivity contribution < 1.29 is 24.2 Å². The van der Waals surface area contributed by atoms with Crippen molar-refractivity contribution in [1.82, 2.24) is 0 Å². The third-order valence-electron chi connectivity index (χ3n) is 3.24.